The van der Waals surface area contributed by atoms with Gasteiger partial charge in [-0.1, -0.05) is 86.9 Å². The van der Waals surface area contributed by atoms with E-state index < -0.39 is 0 Å². The van der Waals surface area contributed by atoms with Crippen molar-refractivity contribution in [3.05, 3.63) is 76.7 Å². The van der Waals surface area contributed by atoms with E-state index in [-0.39, 0.29) is 11.6 Å². The Bertz CT molecular complexity index is 1470. The smallest absolute Gasteiger partial charge is 0.103 e. The highest BCUT2D eigenvalue weighted by Gasteiger charge is 2.32. The van der Waals surface area contributed by atoms with E-state index in [4.69, 9.17) is 11.6 Å². The normalized spacial score (nSPS) is 18.6. The van der Waals surface area contributed by atoms with Gasteiger partial charge in [0, 0.05) is 55.2 Å². The summed E-state index contributed by atoms with van der Waals surface area (Å²) in [6, 6.07) is 16.7. The monoisotopic (exact) mass is 628 g/mol. The average Bonchev–Trinajstić information content (AvgIpc) is 3.34. The molecule has 3 aliphatic rings. The number of nitrogens with one attached hydrogen (secondary N) is 4. The lowest BCUT2D eigenvalue weighted by Gasteiger charge is -2.42. The van der Waals surface area contributed by atoms with E-state index >= 15 is 0 Å². The van der Waals surface area contributed by atoms with Crippen LogP contribution in [0.25, 0.3) is 10.9 Å². The summed E-state index contributed by atoms with van der Waals surface area (Å²) in [5, 5.41) is 19.9. The van der Waals surface area contributed by atoms with Crippen LogP contribution in [-0.4, -0.2) is 46.6 Å². The molecule has 3 aromatic rings. The Balaban J connectivity index is 0.000000505. The first kappa shape index (κ1) is 32.9. The zero-order valence-electron chi connectivity index (χ0n) is 27.3. The van der Waals surface area contributed by atoms with E-state index in [0.29, 0.717) is 27.8 Å². The van der Waals surface area contributed by atoms with Crippen molar-refractivity contribution >= 4 is 33.9 Å². The number of nitrogens with zero attached hydrogens (tertiary/aromatic N) is 4. The molecule has 9 heteroatoms. The molecule has 2 aliphatic heterocycles. The molecule has 240 valence electrons. The molecule has 45 heavy (non-hydrogen) atoms. The standard InChI is InChI=1S/C29H35ClN8.C7H14/c1-29(2,3)37-12-10-22(11-13-37)38-18-25(35-36-38)27(19-8-6-5-7-9-19)34-21-14-23-26(32-4)20(16-31)17-33-28(23)24(30)15-21;1-2-4-6-7-5-3-1/h5-9,14-15,17-18,22,27,34-36H,10-13H2,1-4H3,(H,32,33);1-7H2/t27-;/m0./s1. The number of likely N-dealkylation sites (tertiary alicyclic amines) is 1. The van der Waals surface area contributed by atoms with Crippen molar-refractivity contribution in [2.45, 2.75) is 96.2 Å². The molecule has 6 rings (SSSR count). The summed E-state index contributed by atoms with van der Waals surface area (Å²) in [4.78, 5) is 6.99. The predicted molar refractivity (Wildman–Crippen MR) is 187 cm³/mol. The van der Waals surface area contributed by atoms with Crippen LogP contribution in [0.15, 0.2) is 60.6 Å². The average molecular weight is 629 g/mol. The van der Waals surface area contributed by atoms with E-state index in [9.17, 15) is 5.26 Å². The minimum atomic E-state index is -0.151. The Labute approximate surface area is 274 Å². The van der Waals surface area contributed by atoms with Crippen molar-refractivity contribution in [3.63, 3.8) is 0 Å². The van der Waals surface area contributed by atoms with Gasteiger partial charge in [-0.15, -0.1) is 5.53 Å². The van der Waals surface area contributed by atoms with Crippen LogP contribution >= 0.6 is 11.6 Å². The molecule has 1 saturated carbocycles. The second kappa shape index (κ2) is 15.2. The lowest BCUT2D eigenvalue weighted by molar-refractivity contribution is 0.0570. The highest BCUT2D eigenvalue weighted by molar-refractivity contribution is 6.35. The largest absolute Gasteiger partial charge is 0.386 e. The summed E-state index contributed by atoms with van der Waals surface area (Å²) in [7, 11) is 1.80. The molecule has 4 N–H and O–H groups in total. The number of nitriles is 1. The van der Waals surface area contributed by atoms with E-state index in [2.05, 4.69) is 81.7 Å². The minimum Gasteiger partial charge on any atom is -0.386 e. The lowest BCUT2D eigenvalue weighted by atomic mass is 9.98. The summed E-state index contributed by atoms with van der Waals surface area (Å²) in [6.45, 7) is 9.02. The fraction of sp³-hybridized carbons (Fsp3) is 0.500. The first-order valence-electron chi connectivity index (χ1n) is 16.6. The topological polar surface area (TPSA) is 91.3 Å². The number of hydrazine groups is 2. The highest BCUT2D eigenvalue weighted by Crippen LogP contribution is 2.36. The van der Waals surface area contributed by atoms with Crippen LogP contribution in [0.4, 0.5) is 11.4 Å². The summed E-state index contributed by atoms with van der Waals surface area (Å²) >= 11 is 6.68. The molecular formula is C36H49ClN8. The predicted octanol–water partition coefficient (Wildman–Crippen LogP) is 8.11. The molecule has 3 heterocycles. The molecule has 2 aromatic carbocycles. The van der Waals surface area contributed by atoms with Gasteiger partial charge in [-0.3, -0.25) is 14.9 Å². The first-order chi connectivity index (χ1) is 21.8. The van der Waals surface area contributed by atoms with Gasteiger partial charge in [0.05, 0.1) is 33.5 Å². The van der Waals surface area contributed by atoms with Crippen LogP contribution in [0.5, 0.6) is 0 Å². The number of aromatic nitrogens is 1. The van der Waals surface area contributed by atoms with Gasteiger partial charge in [0.2, 0.25) is 0 Å². The third-order valence-corrected chi connectivity index (χ3v) is 9.50. The Morgan fingerprint density at radius 2 is 1.64 bits per heavy atom. The molecule has 1 aliphatic carbocycles. The summed E-state index contributed by atoms with van der Waals surface area (Å²) in [5.41, 5.74) is 11.8. The van der Waals surface area contributed by atoms with Crippen LogP contribution < -0.4 is 21.6 Å². The van der Waals surface area contributed by atoms with Crippen molar-refractivity contribution in [2.24, 2.45) is 0 Å². The molecular weight excluding hydrogens is 580 g/mol. The Kier molecular flexibility index (Phi) is 11.1. The van der Waals surface area contributed by atoms with Crippen molar-refractivity contribution in [2.75, 3.05) is 30.8 Å². The van der Waals surface area contributed by atoms with Crippen molar-refractivity contribution < 1.29 is 0 Å². The number of hydrogen-bond acceptors (Lipinski definition) is 8. The number of rotatable bonds is 6. The number of benzene rings is 2. The van der Waals surface area contributed by atoms with E-state index in [0.717, 1.165) is 48.3 Å². The number of hydrogen-bond donors (Lipinski definition) is 4. The van der Waals surface area contributed by atoms with Gasteiger partial charge >= 0.3 is 0 Å². The van der Waals surface area contributed by atoms with Gasteiger partial charge in [0.25, 0.3) is 0 Å². The molecule has 0 spiro atoms. The number of pyridine rings is 1. The molecule has 0 radical (unpaired) electrons. The third-order valence-electron chi connectivity index (χ3n) is 9.21. The number of halogens is 1. The third kappa shape index (κ3) is 8.21. The second-order valence-electron chi connectivity index (χ2n) is 13.3. The first-order valence-corrected chi connectivity index (χ1v) is 16.9. The molecule has 0 unspecified atom stereocenters. The van der Waals surface area contributed by atoms with Crippen LogP contribution in [0.3, 0.4) is 0 Å². The van der Waals surface area contributed by atoms with Crippen LogP contribution in [0.2, 0.25) is 5.02 Å². The molecule has 1 saturated heterocycles. The van der Waals surface area contributed by atoms with Crippen molar-refractivity contribution in [1.82, 2.24) is 25.9 Å². The maximum absolute atomic E-state index is 9.56. The van der Waals surface area contributed by atoms with Crippen molar-refractivity contribution in [1.29, 1.82) is 5.26 Å². The summed E-state index contributed by atoms with van der Waals surface area (Å²) in [6.07, 6.45) is 16.4. The maximum Gasteiger partial charge on any atom is 0.103 e. The van der Waals surface area contributed by atoms with Crippen LogP contribution in [-0.2, 0) is 0 Å². The Hall–Kier alpha value is -3.51. The quantitative estimate of drug-likeness (QED) is 0.204. The fourth-order valence-corrected chi connectivity index (χ4v) is 6.86. The summed E-state index contributed by atoms with van der Waals surface area (Å²) < 4.78 is 0. The second-order valence-corrected chi connectivity index (χ2v) is 13.8. The molecule has 0 amide bonds. The summed E-state index contributed by atoms with van der Waals surface area (Å²) in [5.74, 6) is 0. The number of anilines is 2. The Morgan fingerprint density at radius 1 is 1.00 bits per heavy atom. The molecule has 8 nitrogen and oxygen atoms in total. The Morgan fingerprint density at radius 3 is 2.22 bits per heavy atom. The molecule has 2 fully saturated rings. The zero-order chi connectivity index (χ0) is 31.8. The highest BCUT2D eigenvalue weighted by atomic mass is 35.5. The van der Waals surface area contributed by atoms with Gasteiger partial charge in [-0.05, 0) is 51.3 Å². The van der Waals surface area contributed by atoms with Gasteiger partial charge in [0.15, 0.2) is 0 Å². The van der Waals surface area contributed by atoms with E-state index in [1.807, 2.05) is 30.3 Å². The maximum atomic E-state index is 9.56. The van der Waals surface area contributed by atoms with E-state index in [1.54, 1.807) is 13.2 Å². The van der Waals surface area contributed by atoms with Crippen molar-refractivity contribution in [3.8, 4) is 6.07 Å². The number of piperidine rings is 1. The molecule has 1 aromatic heterocycles. The van der Waals surface area contributed by atoms with Crippen LogP contribution in [0, 0.1) is 11.3 Å². The van der Waals surface area contributed by atoms with Crippen LogP contribution in [0.1, 0.15) is 95.7 Å². The van der Waals surface area contributed by atoms with Gasteiger partial charge in [-0.2, -0.15) is 5.26 Å². The molecule has 1 atom stereocenters. The van der Waals surface area contributed by atoms with Gasteiger partial charge < -0.3 is 16.1 Å². The lowest BCUT2D eigenvalue weighted by Crippen LogP contribution is -2.52. The molecule has 0 bridgehead atoms. The zero-order valence-corrected chi connectivity index (χ0v) is 28.1. The van der Waals surface area contributed by atoms with Gasteiger partial charge in [0.1, 0.15) is 6.07 Å². The van der Waals surface area contributed by atoms with Gasteiger partial charge in [-0.25, -0.2) is 0 Å². The number of fused-ring (bicyclic) bond motifs is 1. The SMILES string of the molecule is C1CCCCCC1.CNc1c(C#N)cnc2c(Cl)cc(N[C@H](C3=CN(C4CCN(C(C)(C)C)CC4)NN3)c3ccccc3)cc12. The fourth-order valence-electron chi connectivity index (χ4n) is 6.59. The minimum absolute atomic E-state index is 0.151. The van der Waals surface area contributed by atoms with E-state index in [1.165, 1.54) is 44.9 Å².